The summed E-state index contributed by atoms with van der Waals surface area (Å²) in [5.74, 6) is 5.59. The maximum absolute atomic E-state index is 12.0. The zero-order valence-electron chi connectivity index (χ0n) is 12.3. The van der Waals surface area contributed by atoms with Crippen molar-refractivity contribution < 1.29 is 4.79 Å². The molecule has 2 aromatic rings. The van der Waals surface area contributed by atoms with E-state index in [0.717, 1.165) is 24.4 Å². The number of carbonyl (C=O) groups is 1. The molecule has 2 aromatic heterocycles. The number of aromatic nitrogens is 3. The fourth-order valence-corrected chi connectivity index (χ4v) is 2.08. The van der Waals surface area contributed by atoms with Gasteiger partial charge in [-0.1, -0.05) is 0 Å². The Kier molecular flexibility index (Phi) is 4.89. The van der Waals surface area contributed by atoms with Crippen LogP contribution in [0.2, 0.25) is 0 Å². The number of pyridine rings is 1. The van der Waals surface area contributed by atoms with Crippen LogP contribution >= 0.6 is 0 Å². The Morgan fingerprint density at radius 2 is 2.19 bits per heavy atom. The molecule has 0 unspecified atom stereocenters. The summed E-state index contributed by atoms with van der Waals surface area (Å²) in [4.78, 5) is 15.9. The summed E-state index contributed by atoms with van der Waals surface area (Å²) in [5, 5.41) is 7.25. The minimum absolute atomic E-state index is 0.137. The standard InChI is InChI=1S/C14H20N6O/c1-10-8-11(2)20(19-10)7-3-5-17-14(21)12-4-6-16-13(9-12)18-15/h4,6,8-9H,3,5,7,15H2,1-2H3,(H,16,18)(H,17,21). The highest BCUT2D eigenvalue weighted by molar-refractivity contribution is 5.94. The van der Waals surface area contributed by atoms with Gasteiger partial charge in [0.2, 0.25) is 0 Å². The Morgan fingerprint density at radius 1 is 1.38 bits per heavy atom. The molecule has 4 N–H and O–H groups in total. The number of nitrogens with two attached hydrogens (primary N) is 1. The molecule has 2 rings (SSSR count). The molecule has 0 aliphatic heterocycles. The van der Waals surface area contributed by atoms with E-state index in [2.05, 4.69) is 20.8 Å². The van der Waals surface area contributed by atoms with Crippen LogP contribution in [0.15, 0.2) is 24.4 Å². The van der Waals surface area contributed by atoms with Gasteiger partial charge < -0.3 is 10.7 Å². The molecular formula is C14H20N6O. The van der Waals surface area contributed by atoms with Crippen LogP contribution in [0, 0.1) is 13.8 Å². The van der Waals surface area contributed by atoms with Crippen LogP contribution in [0.3, 0.4) is 0 Å². The number of hydrogen-bond donors (Lipinski definition) is 3. The van der Waals surface area contributed by atoms with Crippen molar-refractivity contribution in [3.63, 3.8) is 0 Å². The average molecular weight is 288 g/mol. The third-order valence-corrected chi connectivity index (χ3v) is 3.11. The molecule has 0 saturated heterocycles. The lowest BCUT2D eigenvalue weighted by molar-refractivity contribution is 0.0952. The third kappa shape index (κ3) is 4.03. The second-order valence-corrected chi connectivity index (χ2v) is 4.83. The summed E-state index contributed by atoms with van der Waals surface area (Å²) in [7, 11) is 0. The molecule has 2 heterocycles. The molecule has 21 heavy (non-hydrogen) atoms. The maximum atomic E-state index is 12.0. The third-order valence-electron chi connectivity index (χ3n) is 3.11. The number of aryl methyl sites for hydroxylation is 3. The second kappa shape index (κ2) is 6.85. The summed E-state index contributed by atoms with van der Waals surface area (Å²) in [6.45, 7) is 5.37. The summed E-state index contributed by atoms with van der Waals surface area (Å²) in [6, 6.07) is 5.30. The predicted octanol–water partition coefficient (Wildman–Crippen LogP) is 1.00. The first-order valence-electron chi connectivity index (χ1n) is 6.82. The number of nitrogens with zero attached hydrogens (tertiary/aromatic N) is 3. The molecule has 7 heteroatoms. The Hall–Kier alpha value is -2.41. The van der Waals surface area contributed by atoms with E-state index < -0.39 is 0 Å². The summed E-state index contributed by atoms with van der Waals surface area (Å²) >= 11 is 0. The molecular weight excluding hydrogens is 268 g/mol. The van der Waals surface area contributed by atoms with Gasteiger partial charge in [-0.2, -0.15) is 5.10 Å². The molecule has 0 fully saturated rings. The quantitative estimate of drug-likeness (QED) is 0.418. The van der Waals surface area contributed by atoms with Gasteiger partial charge in [-0.3, -0.25) is 9.48 Å². The van der Waals surface area contributed by atoms with Crippen molar-refractivity contribution in [3.05, 3.63) is 41.3 Å². The molecule has 112 valence electrons. The number of hydrazine groups is 1. The van der Waals surface area contributed by atoms with Crippen molar-refractivity contribution in [1.82, 2.24) is 20.1 Å². The normalized spacial score (nSPS) is 10.4. The lowest BCUT2D eigenvalue weighted by Gasteiger charge is -2.07. The summed E-state index contributed by atoms with van der Waals surface area (Å²) < 4.78 is 1.95. The summed E-state index contributed by atoms with van der Waals surface area (Å²) in [5.41, 5.74) is 5.09. The van der Waals surface area contributed by atoms with Crippen LogP contribution in [-0.2, 0) is 6.54 Å². The minimum Gasteiger partial charge on any atom is -0.352 e. The maximum Gasteiger partial charge on any atom is 0.251 e. The van der Waals surface area contributed by atoms with Crippen LogP contribution in [0.25, 0.3) is 0 Å². The first-order valence-corrected chi connectivity index (χ1v) is 6.82. The predicted molar refractivity (Wildman–Crippen MR) is 80.7 cm³/mol. The van der Waals surface area contributed by atoms with Gasteiger partial charge in [0.05, 0.1) is 5.69 Å². The van der Waals surface area contributed by atoms with Crippen LogP contribution in [0.1, 0.15) is 28.2 Å². The van der Waals surface area contributed by atoms with Crippen molar-refractivity contribution in [3.8, 4) is 0 Å². The van der Waals surface area contributed by atoms with Gasteiger partial charge in [0.15, 0.2) is 0 Å². The highest BCUT2D eigenvalue weighted by Crippen LogP contribution is 2.05. The van der Waals surface area contributed by atoms with Gasteiger partial charge in [0, 0.05) is 30.5 Å². The van der Waals surface area contributed by atoms with Crippen LogP contribution < -0.4 is 16.6 Å². The van der Waals surface area contributed by atoms with Crippen molar-refractivity contribution in [2.24, 2.45) is 5.84 Å². The smallest absolute Gasteiger partial charge is 0.251 e. The average Bonchev–Trinajstić information content (AvgIpc) is 2.81. The van der Waals surface area contributed by atoms with Gasteiger partial charge in [0.25, 0.3) is 5.91 Å². The van der Waals surface area contributed by atoms with E-state index in [1.165, 1.54) is 0 Å². The van der Waals surface area contributed by atoms with Gasteiger partial charge in [-0.05, 0) is 38.5 Å². The first-order chi connectivity index (χ1) is 10.1. The molecule has 0 bridgehead atoms. The fraction of sp³-hybridized carbons (Fsp3) is 0.357. The molecule has 0 radical (unpaired) electrons. The van der Waals surface area contributed by atoms with Crippen molar-refractivity contribution in [2.45, 2.75) is 26.8 Å². The number of carbonyl (C=O) groups excluding carboxylic acids is 1. The number of anilines is 1. The van der Waals surface area contributed by atoms with E-state index in [-0.39, 0.29) is 5.91 Å². The van der Waals surface area contributed by atoms with E-state index in [0.29, 0.717) is 17.9 Å². The SMILES string of the molecule is Cc1cc(C)n(CCCNC(=O)c2ccnc(NN)c2)n1. The molecule has 0 atom stereocenters. The largest absolute Gasteiger partial charge is 0.352 e. The highest BCUT2D eigenvalue weighted by Gasteiger charge is 2.06. The van der Waals surface area contributed by atoms with Gasteiger partial charge in [-0.15, -0.1) is 0 Å². The number of hydrogen-bond acceptors (Lipinski definition) is 5. The number of amides is 1. The van der Waals surface area contributed by atoms with E-state index in [4.69, 9.17) is 5.84 Å². The van der Waals surface area contributed by atoms with E-state index in [1.54, 1.807) is 18.3 Å². The molecule has 0 aliphatic rings. The van der Waals surface area contributed by atoms with E-state index >= 15 is 0 Å². The van der Waals surface area contributed by atoms with Gasteiger partial charge in [-0.25, -0.2) is 10.8 Å². The first kappa shape index (κ1) is 15.0. The van der Waals surface area contributed by atoms with Crippen LogP contribution in [-0.4, -0.2) is 27.2 Å². The zero-order chi connectivity index (χ0) is 15.2. The molecule has 0 saturated carbocycles. The Bertz CT molecular complexity index is 622. The Morgan fingerprint density at radius 3 is 2.86 bits per heavy atom. The monoisotopic (exact) mass is 288 g/mol. The van der Waals surface area contributed by atoms with Gasteiger partial charge in [0.1, 0.15) is 5.82 Å². The highest BCUT2D eigenvalue weighted by atomic mass is 16.1. The lowest BCUT2D eigenvalue weighted by atomic mass is 10.2. The zero-order valence-corrected chi connectivity index (χ0v) is 12.3. The second-order valence-electron chi connectivity index (χ2n) is 4.83. The van der Waals surface area contributed by atoms with Crippen LogP contribution in [0.4, 0.5) is 5.82 Å². The van der Waals surface area contributed by atoms with Crippen LogP contribution in [0.5, 0.6) is 0 Å². The molecule has 0 spiro atoms. The Labute approximate surface area is 123 Å². The Balaban J connectivity index is 1.80. The molecule has 0 aromatic carbocycles. The van der Waals surface area contributed by atoms with Crippen molar-refractivity contribution >= 4 is 11.7 Å². The van der Waals surface area contributed by atoms with E-state index in [9.17, 15) is 4.79 Å². The van der Waals surface area contributed by atoms with E-state index in [1.807, 2.05) is 24.6 Å². The number of nitrogen functional groups attached to an aromatic ring is 1. The van der Waals surface area contributed by atoms with Crippen molar-refractivity contribution in [2.75, 3.05) is 12.0 Å². The van der Waals surface area contributed by atoms with Gasteiger partial charge >= 0.3 is 0 Å². The fourth-order valence-electron chi connectivity index (χ4n) is 2.08. The number of nitrogens with one attached hydrogen (secondary N) is 2. The molecule has 0 aliphatic carbocycles. The lowest BCUT2D eigenvalue weighted by Crippen LogP contribution is -2.25. The molecule has 1 amide bonds. The summed E-state index contributed by atoms with van der Waals surface area (Å²) in [6.07, 6.45) is 2.36. The molecule has 7 nitrogen and oxygen atoms in total. The topological polar surface area (TPSA) is 97.9 Å². The minimum atomic E-state index is -0.137. The van der Waals surface area contributed by atoms with Crippen molar-refractivity contribution in [1.29, 1.82) is 0 Å². The number of rotatable bonds is 6.